The summed E-state index contributed by atoms with van der Waals surface area (Å²) in [5.41, 5.74) is 0. The standard InChI is InChI=1S/C12H24N2O2/c1-9(2)7-13(5)11(15)8-14(6)12(16)10(3)4/h9-10H,7-8H2,1-6H3. The van der Waals surface area contributed by atoms with E-state index < -0.39 is 0 Å². The van der Waals surface area contributed by atoms with Crippen LogP contribution in [0.4, 0.5) is 0 Å². The van der Waals surface area contributed by atoms with Gasteiger partial charge < -0.3 is 9.80 Å². The summed E-state index contributed by atoms with van der Waals surface area (Å²) >= 11 is 0. The molecule has 0 saturated heterocycles. The van der Waals surface area contributed by atoms with Gasteiger partial charge in [-0.3, -0.25) is 9.59 Å². The fourth-order valence-electron chi connectivity index (χ4n) is 1.49. The molecule has 0 rings (SSSR count). The van der Waals surface area contributed by atoms with Crippen molar-refractivity contribution < 1.29 is 9.59 Å². The van der Waals surface area contributed by atoms with Gasteiger partial charge in [-0.2, -0.15) is 0 Å². The van der Waals surface area contributed by atoms with Crippen molar-refractivity contribution in [3.8, 4) is 0 Å². The summed E-state index contributed by atoms with van der Waals surface area (Å²) in [4.78, 5) is 26.5. The Hall–Kier alpha value is -1.06. The van der Waals surface area contributed by atoms with E-state index in [1.807, 2.05) is 13.8 Å². The van der Waals surface area contributed by atoms with E-state index in [0.29, 0.717) is 5.92 Å². The Kier molecular flexibility index (Phi) is 6.08. The Morgan fingerprint density at radius 2 is 1.50 bits per heavy atom. The average Bonchev–Trinajstić information content (AvgIpc) is 2.14. The number of likely N-dealkylation sites (N-methyl/N-ethyl adjacent to an activating group) is 2. The van der Waals surface area contributed by atoms with Gasteiger partial charge in [-0.1, -0.05) is 27.7 Å². The smallest absolute Gasteiger partial charge is 0.241 e. The molecule has 0 aliphatic rings. The van der Waals surface area contributed by atoms with Crippen molar-refractivity contribution in [1.82, 2.24) is 9.80 Å². The van der Waals surface area contributed by atoms with Crippen molar-refractivity contribution >= 4 is 11.8 Å². The highest BCUT2D eigenvalue weighted by Gasteiger charge is 2.18. The Morgan fingerprint density at radius 1 is 1.00 bits per heavy atom. The van der Waals surface area contributed by atoms with Gasteiger partial charge >= 0.3 is 0 Å². The first-order valence-electron chi connectivity index (χ1n) is 5.74. The number of amides is 2. The van der Waals surface area contributed by atoms with Crippen LogP contribution in [0.3, 0.4) is 0 Å². The lowest BCUT2D eigenvalue weighted by Gasteiger charge is -2.24. The van der Waals surface area contributed by atoms with Crippen LogP contribution in [0.25, 0.3) is 0 Å². The maximum Gasteiger partial charge on any atom is 0.241 e. The van der Waals surface area contributed by atoms with Gasteiger partial charge in [-0.05, 0) is 5.92 Å². The van der Waals surface area contributed by atoms with Crippen LogP contribution in [0.5, 0.6) is 0 Å². The summed E-state index contributed by atoms with van der Waals surface area (Å²) in [5.74, 6) is 0.379. The molecule has 0 atom stereocenters. The zero-order chi connectivity index (χ0) is 12.9. The minimum atomic E-state index is -0.0618. The molecule has 16 heavy (non-hydrogen) atoms. The number of hydrogen-bond acceptors (Lipinski definition) is 2. The zero-order valence-electron chi connectivity index (χ0n) is 11.3. The topological polar surface area (TPSA) is 40.6 Å². The van der Waals surface area contributed by atoms with Crippen molar-refractivity contribution in [3.63, 3.8) is 0 Å². The van der Waals surface area contributed by atoms with Crippen molar-refractivity contribution in [3.05, 3.63) is 0 Å². The molecule has 0 unspecified atom stereocenters. The van der Waals surface area contributed by atoms with E-state index in [-0.39, 0.29) is 24.3 Å². The summed E-state index contributed by atoms with van der Waals surface area (Å²) < 4.78 is 0. The highest BCUT2D eigenvalue weighted by molar-refractivity contribution is 5.85. The third-order valence-electron chi connectivity index (χ3n) is 2.31. The number of nitrogens with zero attached hydrogens (tertiary/aromatic N) is 2. The molecule has 0 spiro atoms. The van der Waals surface area contributed by atoms with Gasteiger partial charge in [-0.25, -0.2) is 0 Å². The minimum absolute atomic E-state index is 0.00583. The first kappa shape index (κ1) is 14.9. The molecule has 0 aliphatic carbocycles. The molecule has 0 aliphatic heterocycles. The molecule has 0 aromatic rings. The van der Waals surface area contributed by atoms with Gasteiger partial charge in [0, 0.05) is 26.6 Å². The van der Waals surface area contributed by atoms with Crippen LogP contribution in [-0.2, 0) is 9.59 Å². The van der Waals surface area contributed by atoms with Gasteiger partial charge in [0.25, 0.3) is 0 Å². The van der Waals surface area contributed by atoms with Gasteiger partial charge in [-0.15, -0.1) is 0 Å². The van der Waals surface area contributed by atoms with Crippen LogP contribution >= 0.6 is 0 Å². The van der Waals surface area contributed by atoms with E-state index in [0.717, 1.165) is 6.54 Å². The number of rotatable bonds is 5. The fraction of sp³-hybridized carbons (Fsp3) is 0.833. The van der Waals surface area contributed by atoms with Crippen LogP contribution in [0.1, 0.15) is 27.7 Å². The second-order valence-electron chi connectivity index (χ2n) is 5.02. The zero-order valence-corrected chi connectivity index (χ0v) is 11.3. The second kappa shape index (κ2) is 6.51. The van der Waals surface area contributed by atoms with E-state index in [2.05, 4.69) is 13.8 Å². The molecule has 94 valence electrons. The van der Waals surface area contributed by atoms with Crippen LogP contribution in [0, 0.1) is 11.8 Å². The van der Waals surface area contributed by atoms with Gasteiger partial charge in [0.1, 0.15) is 0 Å². The molecule has 0 aromatic heterocycles. The lowest BCUT2D eigenvalue weighted by atomic mass is 10.2. The molecule has 0 aromatic carbocycles. The predicted octanol–water partition coefficient (Wildman–Crippen LogP) is 1.22. The second-order valence-corrected chi connectivity index (χ2v) is 5.02. The van der Waals surface area contributed by atoms with Gasteiger partial charge in [0.2, 0.25) is 11.8 Å². The molecule has 0 heterocycles. The molecule has 4 nitrogen and oxygen atoms in total. The highest BCUT2D eigenvalue weighted by Crippen LogP contribution is 2.01. The van der Waals surface area contributed by atoms with Crippen molar-refractivity contribution in [2.45, 2.75) is 27.7 Å². The Labute approximate surface area is 98.6 Å². The van der Waals surface area contributed by atoms with Gasteiger partial charge in [0.05, 0.1) is 6.54 Å². The van der Waals surface area contributed by atoms with Crippen LogP contribution < -0.4 is 0 Å². The Balaban J connectivity index is 4.18. The van der Waals surface area contributed by atoms with E-state index in [1.54, 1.807) is 19.0 Å². The van der Waals surface area contributed by atoms with Crippen LogP contribution in [-0.4, -0.2) is 48.8 Å². The number of carbonyl (C=O) groups is 2. The average molecular weight is 228 g/mol. The summed E-state index contributed by atoms with van der Waals surface area (Å²) in [5, 5.41) is 0. The maximum atomic E-state index is 11.7. The lowest BCUT2D eigenvalue weighted by Crippen LogP contribution is -2.41. The van der Waals surface area contributed by atoms with E-state index in [1.165, 1.54) is 4.90 Å². The summed E-state index contributed by atoms with van der Waals surface area (Å²) in [7, 11) is 3.44. The monoisotopic (exact) mass is 228 g/mol. The summed E-state index contributed by atoms with van der Waals surface area (Å²) in [6.07, 6.45) is 0. The third kappa shape index (κ3) is 5.14. The quantitative estimate of drug-likeness (QED) is 0.710. The largest absolute Gasteiger partial charge is 0.344 e. The molecular formula is C12H24N2O2. The molecule has 0 radical (unpaired) electrons. The molecule has 0 fully saturated rings. The van der Waals surface area contributed by atoms with Crippen LogP contribution in [0.15, 0.2) is 0 Å². The van der Waals surface area contributed by atoms with Gasteiger partial charge in [0.15, 0.2) is 0 Å². The molecule has 4 heteroatoms. The Morgan fingerprint density at radius 3 is 1.88 bits per heavy atom. The van der Waals surface area contributed by atoms with E-state index >= 15 is 0 Å². The first-order valence-corrected chi connectivity index (χ1v) is 5.74. The summed E-state index contributed by atoms with van der Waals surface area (Å²) in [6.45, 7) is 8.69. The maximum absolute atomic E-state index is 11.7. The SMILES string of the molecule is CC(C)CN(C)C(=O)CN(C)C(=O)C(C)C. The van der Waals surface area contributed by atoms with Crippen molar-refractivity contribution in [2.24, 2.45) is 11.8 Å². The minimum Gasteiger partial charge on any atom is -0.344 e. The highest BCUT2D eigenvalue weighted by atomic mass is 16.2. The fourth-order valence-corrected chi connectivity index (χ4v) is 1.49. The van der Waals surface area contributed by atoms with E-state index in [9.17, 15) is 9.59 Å². The van der Waals surface area contributed by atoms with Crippen molar-refractivity contribution in [2.75, 3.05) is 27.2 Å². The first-order chi connectivity index (χ1) is 7.25. The van der Waals surface area contributed by atoms with E-state index in [4.69, 9.17) is 0 Å². The normalized spacial score (nSPS) is 10.8. The lowest BCUT2D eigenvalue weighted by molar-refractivity contribution is -0.140. The number of hydrogen-bond donors (Lipinski definition) is 0. The molecular weight excluding hydrogens is 204 g/mol. The summed E-state index contributed by atoms with van der Waals surface area (Å²) in [6, 6.07) is 0. The molecule has 2 amide bonds. The Bertz CT molecular complexity index is 249. The van der Waals surface area contributed by atoms with Crippen LogP contribution in [0.2, 0.25) is 0 Å². The molecule has 0 saturated carbocycles. The predicted molar refractivity (Wildman–Crippen MR) is 65.0 cm³/mol. The molecule has 0 bridgehead atoms. The third-order valence-corrected chi connectivity index (χ3v) is 2.31. The van der Waals surface area contributed by atoms with Crippen molar-refractivity contribution in [1.29, 1.82) is 0 Å². The molecule has 0 N–H and O–H groups in total. The number of carbonyl (C=O) groups excluding carboxylic acids is 2.